The van der Waals surface area contributed by atoms with Gasteiger partial charge in [0.05, 0.1) is 6.54 Å². The molecular formula is C21H28N4O4S. The molecule has 30 heavy (non-hydrogen) atoms. The number of aliphatic hydroxyl groups excluding tert-OH is 1. The number of aryl methyl sites for hydroxylation is 2. The monoisotopic (exact) mass is 432 g/mol. The molecule has 3 aromatic rings. The van der Waals surface area contributed by atoms with E-state index in [1.165, 1.54) is 21.9 Å². The zero-order valence-corrected chi connectivity index (χ0v) is 18.5. The lowest BCUT2D eigenvalue weighted by atomic mass is 10.2. The molecule has 0 radical (unpaired) electrons. The van der Waals surface area contributed by atoms with Gasteiger partial charge >= 0.3 is 5.69 Å². The Morgan fingerprint density at radius 2 is 1.93 bits per heavy atom. The maximum Gasteiger partial charge on any atom is 0.329 e. The summed E-state index contributed by atoms with van der Waals surface area (Å²) in [7, 11) is 1.56. The van der Waals surface area contributed by atoms with Crippen LogP contribution in [0.3, 0.4) is 0 Å². The molecule has 8 nitrogen and oxygen atoms in total. The van der Waals surface area contributed by atoms with Gasteiger partial charge in [-0.1, -0.05) is 44.7 Å². The van der Waals surface area contributed by atoms with E-state index in [0.717, 1.165) is 12.2 Å². The SMILES string of the molecule is CCc1ccc(OCC(O)Cn2c(SCC(C)C)nc3c2c(=O)[nH]c(=O)n3C)cc1. The smallest absolute Gasteiger partial charge is 0.329 e. The van der Waals surface area contributed by atoms with Gasteiger partial charge < -0.3 is 14.4 Å². The van der Waals surface area contributed by atoms with E-state index < -0.39 is 17.4 Å². The van der Waals surface area contributed by atoms with Gasteiger partial charge in [-0.2, -0.15) is 0 Å². The van der Waals surface area contributed by atoms with Crippen molar-refractivity contribution in [2.24, 2.45) is 13.0 Å². The molecule has 1 aromatic carbocycles. The Bertz CT molecular complexity index is 1110. The highest BCUT2D eigenvalue weighted by molar-refractivity contribution is 7.99. The average Bonchev–Trinajstić information content (AvgIpc) is 3.08. The number of benzene rings is 1. The molecule has 0 fully saturated rings. The third kappa shape index (κ3) is 4.96. The van der Waals surface area contributed by atoms with Crippen LogP contribution in [0.5, 0.6) is 5.75 Å². The van der Waals surface area contributed by atoms with Gasteiger partial charge in [0.2, 0.25) is 0 Å². The summed E-state index contributed by atoms with van der Waals surface area (Å²) in [6.45, 7) is 6.47. The number of imidazole rings is 1. The molecule has 0 saturated heterocycles. The summed E-state index contributed by atoms with van der Waals surface area (Å²) in [5.41, 5.74) is 0.759. The number of aliphatic hydroxyl groups is 1. The fourth-order valence-corrected chi connectivity index (χ4v) is 3.97. The number of aromatic nitrogens is 4. The standard InChI is InChI=1S/C21H28N4O4S/c1-5-14-6-8-16(9-7-14)29-11-15(26)10-25-17-18(22-21(25)30-12-13(2)3)24(4)20(28)23-19(17)27/h6-9,13,15,26H,5,10-12H2,1-4H3,(H,23,27,28). The summed E-state index contributed by atoms with van der Waals surface area (Å²) < 4.78 is 8.69. The minimum Gasteiger partial charge on any atom is -0.491 e. The Labute approximate surface area is 178 Å². The molecule has 162 valence electrons. The van der Waals surface area contributed by atoms with Crippen molar-refractivity contribution in [2.45, 2.75) is 45.0 Å². The number of rotatable bonds is 9. The Morgan fingerprint density at radius 3 is 2.57 bits per heavy atom. The van der Waals surface area contributed by atoms with Crippen LogP contribution in [0.25, 0.3) is 11.2 Å². The lowest BCUT2D eigenvalue weighted by molar-refractivity contribution is 0.0913. The Kier molecular flexibility index (Phi) is 7.04. The third-order valence-electron chi connectivity index (χ3n) is 4.69. The lowest BCUT2D eigenvalue weighted by Gasteiger charge is -2.15. The van der Waals surface area contributed by atoms with Crippen molar-refractivity contribution in [1.82, 2.24) is 19.1 Å². The summed E-state index contributed by atoms with van der Waals surface area (Å²) in [6.07, 6.45) is 0.0908. The molecule has 2 aromatic heterocycles. The van der Waals surface area contributed by atoms with Crippen molar-refractivity contribution >= 4 is 22.9 Å². The summed E-state index contributed by atoms with van der Waals surface area (Å²) in [5.74, 6) is 1.90. The fraction of sp³-hybridized carbons (Fsp3) is 0.476. The maximum atomic E-state index is 12.5. The van der Waals surface area contributed by atoms with Gasteiger partial charge in [0.25, 0.3) is 5.56 Å². The molecule has 3 rings (SSSR count). The average molecular weight is 433 g/mol. The van der Waals surface area contributed by atoms with Gasteiger partial charge in [-0.15, -0.1) is 0 Å². The predicted octanol–water partition coefficient (Wildman–Crippen LogP) is 2.17. The molecule has 0 aliphatic carbocycles. The number of fused-ring (bicyclic) bond motifs is 1. The van der Waals surface area contributed by atoms with E-state index >= 15 is 0 Å². The van der Waals surface area contributed by atoms with Gasteiger partial charge in [-0.3, -0.25) is 14.3 Å². The molecule has 0 aliphatic heterocycles. The zero-order valence-electron chi connectivity index (χ0n) is 17.7. The third-order valence-corrected chi connectivity index (χ3v) is 6.09. The number of hydrogen-bond donors (Lipinski definition) is 2. The summed E-state index contributed by atoms with van der Waals surface area (Å²) >= 11 is 1.50. The minimum absolute atomic E-state index is 0.0725. The number of hydrogen-bond acceptors (Lipinski definition) is 6. The second-order valence-electron chi connectivity index (χ2n) is 7.66. The molecule has 9 heteroatoms. The topological polar surface area (TPSA) is 102 Å². The van der Waals surface area contributed by atoms with E-state index in [-0.39, 0.29) is 18.7 Å². The van der Waals surface area contributed by atoms with Crippen LogP contribution in [0.2, 0.25) is 0 Å². The van der Waals surface area contributed by atoms with Gasteiger partial charge in [-0.05, 0) is 30.0 Å². The van der Waals surface area contributed by atoms with Crippen LogP contribution in [0.15, 0.2) is 39.0 Å². The van der Waals surface area contributed by atoms with Crippen molar-refractivity contribution in [1.29, 1.82) is 0 Å². The van der Waals surface area contributed by atoms with Gasteiger partial charge in [0, 0.05) is 12.8 Å². The normalized spacial score (nSPS) is 12.6. The Hall–Kier alpha value is -2.52. The van der Waals surface area contributed by atoms with Crippen molar-refractivity contribution < 1.29 is 9.84 Å². The predicted molar refractivity (Wildman–Crippen MR) is 118 cm³/mol. The van der Waals surface area contributed by atoms with E-state index in [9.17, 15) is 14.7 Å². The molecule has 0 saturated carbocycles. The molecule has 1 atom stereocenters. The first-order chi connectivity index (χ1) is 14.3. The van der Waals surface area contributed by atoms with E-state index in [0.29, 0.717) is 22.5 Å². The number of nitrogens with one attached hydrogen (secondary N) is 1. The largest absolute Gasteiger partial charge is 0.491 e. The minimum atomic E-state index is -0.858. The van der Waals surface area contributed by atoms with Gasteiger partial charge in [-0.25, -0.2) is 9.78 Å². The van der Waals surface area contributed by atoms with Crippen LogP contribution < -0.4 is 16.0 Å². The molecule has 0 aliphatic rings. The quantitative estimate of drug-likeness (QED) is 0.503. The summed E-state index contributed by atoms with van der Waals surface area (Å²) in [4.78, 5) is 31.3. The van der Waals surface area contributed by atoms with Crippen LogP contribution in [0, 0.1) is 5.92 Å². The summed E-state index contributed by atoms with van der Waals surface area (Å²) in [6, 6.07) is 7.74. The molecule has 0 amide bonds. The summed E-state index contributed by atoms with van der Waals surface area (Å²) in [5, 5.41) is 11.2. The van der Waals surface area contributed by atoms with Gasteiger partial charge in [0.15, 0.2) is 16.3 Å². The van der Waals surface area contributed by atoms with Crippen molar-refractivity contribution in [3.63, 3.8) is 0 Å². The van der Waals surface area contributed by atoms with Crippen LogP contribution in [0.1, 0.15) is 26.3 Å². The molecular weight excluding hydrogens is 404 g/mol. The van der Waals surface area contributed by atoms with E-state index in [1.54, 1.807) is 11.6 Å². The van der Waals surface area contributed by atoms with Crippen LogP contribution in [0.4, 0.5) is 0 Å². The number of aromatic amines is 1. The van der Waals surface area contributed by atoms with Crippen molar-refractivity contribution in [2.75, 3.05) is 12.4 Å². The van der Waals surface area contributed by atoms with E-state index in [1.807, 2.05) is 24.3 Å². The number of ether oxygens (including phenoxy) is 1. The van der Waals surface area contributed by atoms with E-state index in [2.05, 4.69) is 30.7 Å². The highest BCUT2D eigenvalue weighted by Crippen LogP contribution is 2.24. The number of nitrogens with zero attached hydrogens (tertiary/aromatic N) is 3. The molecule has 1 unspecified atom stereocenters. The number of H-pyrrole nitrogens is 1. The molecule has 2 N–H and O–H groups in total. The number of thioether (sulfide) groups is 1. The highest BCUT2D eigenvalue weighted by atomic mass is 32.2. The van der Waals surface area contributed by atoms with Gasteiger partial charge in [0.1, 0.15) is 18.5 Å². The first kappa shape index (κ1) is 22.2. The fourth-order valence-electron chi connectivity index (χ4n) is 3.01. The van der Waals surface area contributed by atoms with Crippen LogP contribution in [-0.2, 0) is 20.0 Å². The highest BCUT2D eigenvalue weighted by Gasteiger charge is 2.20. The zero-order chi connectivity index (χ0) is 21.8. The second kappa shape index (κ2) is 9.53. The Balaban J connectivity index is 1.85. The Morgan fingerprint density at radius 1 is 1.23 bits per heavy atom. The maximum absolute atomic E-state index is 12.5. The van der Waals surface area contributed by atoms with Crippen LogP contribution >= 0.6 is 11.8 Å². The molecule has 2 heterocycles. The second-order valence-corrected chi connectivity index (χ2v) is 8.65. The van der Waals surface area contributed by atoms with E-state index in [4.69, 9.17) is 4.74 Å². The first-order valence-corrected chi connectivity index (χ1v) is 11.0. The van der Waals surface area contributed by atoms with Crippen molar-refractivity contribution in [3.8, 4) is 5.75 Å². The van der Waals surface area contributed by atoms with Crippen molar-refractivity contribution in [3.05, 3.63) is 50.7 Å². The van der Waals surface area contributed by atoms with Crippen LogP contribution in [-0.4, -0.2) is 42.7 Å². The molecule has 0 spiro atoms. The lowest BCUT2D eigenvalue weighted by Crippen LogP contribution is -2.30. The molecule has 0 bridgehead atoms. The first-order valence-electron chi connectivity index (χ1n) is 10.0.